The second-order valence-corrected chi connectivity index (χ2v) is 2.37. The Morgan fingerprint density at radius 1 is 1.75 bits per heavy atom. The van der Waals surface area contributed by atoms with Gasteiger partial charge in [0.2, 0.25) is 0 Å². The van der Waals surface area contributed by atoms with Gasteiger partial charge in [0, 0.05) is 0 Å². The summed E-state index contributed by atoms with van der Waals surface area (Å²) in [5.74, 6) is 0. The van der Waals surface area contributed by atoms with Gasteiger partial charge in [0.05, 0.1) is 0 Å². The van der Waals surface area contributed by atoms with E-state index in [0.29, 0.717) is 0 Å². The molecule has 0 amide bonds. The van der Waals surface area contributed by atoms with Crippen LogP contribution in [0, 0.1) is 0 Å². The Morgan fingerprint density at radius 3 is 2.00 bits per heavy atom. The number of rotatable bonds is 1. The van der Waals surface area contributed by atoms with Crippen LogP contribution >= 0.6 is 21.6 Å². The predicted molar refractivity (Wildman–Crippen MR) is 27.9 cm³/mol. The van der Waals surface area contributed by atoms with Crippen LogP contribution in [-0.2, 0) is 0 Å². The molecule has 0 atom stereocenters. The molecular weight excluding hydrogens is 89.0 g/mol. The van der Waals surface area contributed by atoms with Crippen LogP contribution in [0.1, 0.15) is 0 Å². The Morgan fingerprint density at radius 2 is 2.00 bits per heavy atom. The lowest BCUT2D eigenvalue weighted by Gasteiger charge is -1.70. The topological polar surface area (TPSA) is 26.0 Å². The molecule has 0 aromatic carbocycles. The lowest BCUT2D eigenvalue weighted by Crippen LogP contribution is -1.64. The highest BCUT2D eigenvalue weighted by Gasteiger charge is 1.56. The second-order valence-electron chi connectivity index (χ2n) is 0.263. The molecule has 4 heteroatoms. The summed E-state index contributed by atoms with van der Waals surface area (Å²) in [6.07, 6.45) is 0. The molecule has 0 aliphatic carbocycles. The summed E-state index contributed by atoms with van der Waals surface area (Å²) in [5, 5.41) is 4.91. The third-order valence-electron chi connectivity index (χ3n) is 0.0962. The van der Waals surface area contributed by atoms with E-state index < -0.39 is 0 Å². The van der Waals surface area contributed by atoms with Gasteiger partial charge in [-0.2, -0.15) is 0 Å². The fourth-order valence-electron chi connectivity index (χ4n) is 0. The van der Waals surface area contributed by atoms with Gasteiger partial charge in [-0.1, -0.05) is 0 Å². The van der Waals surface area contributed by atoms with Crippen molar-refractivity contribution in [2.75, 3.05) is 0 Å². The number of hydrogen-bond donors (Lipinski definition) is 1. The second kappa shape index (κ2) is 3.72. The van der Waals surface area contributed by atoms with Crippen LogP contribution in [0.5, 0.6) is 0 Å². The zero-order valence-corrected chi connectivity index (χ0v) is 4.03. The first kappa shape index (κ1) is 4.72. The Kier molecular flexibility index (Phi) is 4.40. The van der Waals surface area contributed by atoms with Gasteiger partial charge < -0.3 is 0 Å². The van der Waals surface area contributed by atoms with Crippen molar-refractivity contribution in [1.82, 2.24) is 0 Å². The lowest BCUT2D eigenvalue weighted by molar-refractivity contribution is 2.07. The zero-order chi connectivity index (χ0) is 3.41. The first-order chi connectivity index (χ1) is 1.91. The summed E-state index contributed by atoms with van der Waals surface area (Å²) in [4.78, 5) is 0. The van der Waals surface area contributed by atoms with Gasteiger partial charge in [0.1, 0.15) is 0 Å². The average molecular weight is 93.0 g/mol. The molecule has 1 nitrogen and oxygen atoms in total. The van der Waals surface area contributed by atoms with Crippen LogP contribution in [0.25, 0.3) is 0 Å². The van der Waals surface area contributed by atoms with E-state index in [0.717, 1.165) is 0 Å². The molecule has 0 saturated heterocycles. The van der Waals surface area contributed by atoms with Crippen LogP contribution in [0.4, 0.5) is 0 Å². The van der Waals surface area contributed by atoms with Gasteiger partial charge in [0.15, 0.2) is 7.12 Å². The average Bonchev–Trinajstić information content (AvgIpc) is 1.37. The van der Waals surface area contributed by atoms with Crippen LogP contribution < -0.4 is 5.14 Å². The quantitative estimate of drug-likeness (QED) is 0.276. The van der Waals surface area contributed by atoms with E-state index in [9.17, 15) is 0 Å². The van der Waals surface area contributed by atoms with E-state index in [-0.39, 0.29) is 0 Å². The van der Waals surface area contributed by atoms with E-state index in [2.05, 4.69) is 0 Å². The fourth-order valence-corrected chi connectivity index (χ4v) is 0. The van der Waals surface area contributed by atoms with Crippen molar-refractivity contribution in [3.05, 3.63) is 0 Å². The van der Waals surface area contributed by atoms with E-state index in [4.69, 9.17) is 5.14 Å². The maximum absolute atomic E-state index is 4.91. The molecule has 0 rings (SSSR count). The van der Waals surface area contributed by atoms with Crippen LogP contribution in [0.15, 0.2) is 0 Å². The Balaban J connectivity index is 1.97. The Hall–Kier alpha value is 0.725. The minimum absolute atomic E-state index is 1.27. The van der Waals surface area contributed by atoms with Crippen LogP contribution in [-0.4, -0.2) is 7.12 Å². The van der Waals surface area contributed by atoms with Crippen molar-refractivity contribution in [3.8, 4) is 0 Å². The van der Waals surface area contributed by atoms with Crippen molar-refractivity contribution < 1.29 is 0 Å². The highest BCUT2D eigenvalue weighted by atomic mass is 33.1. The van der Waals surface area contributed by atoms with E-state index in [1.807, 2.05) is 7.12 Å². The summed E-state index contributed by atoms with van der Waals surface area (Å²) in [7, 11) is 4.76. The molecule has 0 saturated carbocycles. The first-order valence-electron chi connectivity index (χ1n) is 0.811. The summed E-state index contributed by atoms with van der Waals surface area (Å²) >= 11 is 0. The molecule has 4 heavy (non-hydrogen) atoms. The van der Waals surface area contributed by atoms with Gasteiger partial charge in [-0.25, -0.2) is 0 Å². The zero-order valence-electron chi connectivity index (χ0n) is 2.39. The fraction of sp³-hybridized carbons (Fsp3) is 0. The molecule has 0 aliphatic heterocycles. The molecule has 0 heterocycles. The largest absolute Gasteiger partial charge is 0.269 e. The van der Waals surface area contributed by atoms with E-state index >= 15 is 0 Å². The molecule has 0 aliphatic rings. The maximum Gasteiger partial charge on any atom is 0.189 e. The molecule has 24 valence electrons. The normalized spacial score (nSPS) is 7.25. The van der Waals surface area contributed by atoms with Crippen molar-refractivity contribution >= 4 is 28.7 Å². The first-order valence-corrected chi connectivity index (χ1v) is 3.43. The Bertz CT molecular complexity index is 8.00. The summed E-state index contributed by atoms with van der Waals surface area (Å²) in [5.41, 5.74) is 0. The molecular formula is H4BNS2. The third-order valence-corrected chi connectivity index (χ3v) is 0.866. The van der Waals surface area contributed by atoms with Gasteiger partial charge in [0.25, 0.3) is 0 Å². The molecule has 0 unspecified atom stereocenters. The molecule has 0 aromatic heterocycles. The summed E-state index contributed by atoms with van der Waals surface area (Å²) < 4.78 is 0. The van der Waals surface area contributed by atoms with Crippen molar-refractivity contribution in [2.24, 2.45) is 5.14 Å². The highest BCUT2D eigenvalue weighted by molar-refractivity contribution is 8.83. The third kappa shape index (κ3) is 2.72. The Labute approximate surface area is 34.5 Å². The van der Waals surface area contributed by atoms with Gasteiger partial charge in [-0.05, 0) is 11.0 Å². The minimum atomic E-state index is 1.27. The van der Waals surface area contributed by atoms with Gasteiger partial charge >= 0.3 is 0 Å². The van der Waals surface area contributed by atoms with Crippen molar-refractivity contribution in [3.63, 3.8) is 0 Å². The standard InChI is InChI=1S/BH4NS2/c1-3-4-2/h1-2H2. The summed E-state index contributed by atoms with van der Waals surface area (Å²) in [6.45, 7) is 0. The molecule has 0 fully saturated rings. The van der Waals surface area contributed by atoms with Gasteiger partial charge in [-0.3, -0.25) is 5.14 Å². The van der Waals surface area contributed by atoms with Gasteiger partial charge in [-0.15, -0.1) is 10.6 Å². The number of nitrogens with two attached hydrogens (primary N) is 1. The monoisotopic (exact) mass is 93.0 g/mol. The molecule has 0 bridgehead atoms. The molecule has 0 aromatic rings. The SMILES string of the molecule is BSSN. The highest BCUT2D eigenvalue weighted by Crippen LogP contribution is 2.02. The van der Waals surface area contributed by atoms with Crippen LogP contribution in [0.3, 0.4) is 0 Å². The maximum atomic E-state index is 4.91. The van der Waals surface area contributed by atoms with Crippen molar-refractivity contribution in [2.45, 2.75) is 0 Å². The van der Waals surface area contributed by atoms with E-state index in [1.54, 1.807) is 10.6 Å². The van der Waals surface area contributed by atoms with E-state index in [1.165, 1.54) is 11.0 Å². The number of hydrogen-bond acceptors (Lipinski definition) is 3. The molecule has 0 radical (unpaired) electrons. The molecule has 0 spiro atoms. The lowest BCUT2D eigenvalue weighted by atomic mass is 10.8. The minimum Gasteiger partial charge on any atom is -0.269 e. The molecule has 2 N–H and O–H groups in total. The summed E-state index contributed by atoms with van der Waals surface area (Å²) in [6, 6.07) is 0. The smallest absolute Gasteiger partial charge is 0.189 e. The van der Waals surface area contributed by atoms with Crippen LogP contribution in [0.2, 0.25) is 0 Å². The van der Waals surface area contributed by atoms with Crippen molar-refractivity contribution in [1.29, 1.82) is 0 Å². The predicted octanol–water partition coefficient (Wildman–Crippen LogP) is -0.210.